The first kappa shape index (κ1) is 14.7. The summed E-state index contributed by atoms with van der Waals surface area (Å²) in [6, 6.07) is 9.90. The molecule has 0 bridgehead atoms. The molecule has 0 aliphatic carbocycles. The van der Waals surface area contributed by atoms with Crippen molar-refractivity contribution in [3.63, 3.8) is 0 Å². The maximum Gasteiger partial charge on any atom is 0.243 e. The van der Waals surface area contributed by atoms with Crippen LogP contribution < -0.4 is 10.6 Å². The Morgan fingerprint density at radius 1 is 1.10 bits per heavy atom. The van der Waals surface area contributed by atoms with Gasteiger partial charge in [0.05, 0.1) is 6.54 Å². The van der Waals surface area contributed by atoms with Crippen LogP contribution in [0.5, 0.6) is 0 Å². The van der Waals surface area contributed by atoms with Gasteiger partial charge in [-0.05, 0) is 59.0 Å². The SMILES string of the molecule is O=C(CNc1ccc(F)cc1I)Nc1cccc(F)c1. The molecule has 0 fully saturated rings. The molecule has 20 heavy (non-hydrogen) atoms. The van der Waals surface area contributed by atoms with Crippen LogP contribution in [-0.2, 0) is 4.79 Å². The predicted molar refractivity (Wildman–Crippen MR) is 82.6 cm³/mol. The summed E-state index contributed by atoms with van der Waals surface area (Å²) < 4.78 is 26.6. The van der Waals surface area contributed by atoms with Crippen LogP contribution in [-0.4, -0.2) is 12.5 Å². The molecular weight excluding hydrogens is 377 g/mol. The molecule has 3 nitrogen and oxygen atoms in total. The Kier molecular flexibility index (Phi) is 4.89. The fourth-order valence-electron chi connectivity index (χ4n) is 1.58. The number of rotatable bonds is 4. The van der Waals surface area contributed by atoms with Crippen LogP contribution in [0.25, 0.3) is 0 Å². The van der Waals surface area contributed by atoms with Crippen LogP contribution in [0, 0.1) is 15.2 Å². The highest BCUT2D eigenvalue weighted by molar-refractivity contribution is 14.1. The lowest BCUT2D eigenvalue weighted by atomic mass is 10.3. The van der Waals surface area contributed by atoms with Gasteiger partial charge in [0.25, 0.3) is 0 Å². The smallest absolute Gasteiger partial charge is 0.243 e. The van der Waals surface area contributed by atoms with E-state index in [9.17, 15) is 13.6 Å². The van der Waals surface area contributed by atoms with Crippen molar-refractivity contribution >= 4 is 39.9 Å². The van der Waals surface area contributed by atoms with Gasteiger partial charge in [-0.1, -0.05) is 6.07 Å². The Morgan fingerprint density at radius 2 is 1.85 bits per heavy atom. The largest absolute Gasteiger partial charge is 0.375 e. The molecule has 2 aromatic carbocycles. The van der Waals surface area contributed by atoms with Crippen molar-refractivity contribution in [3.05, 3.63) is 57.7 Å². The minimum absolute atomic E-state index is 0.0121. The Bertz CT molecular complexity index is 634. The van der Waals surface area contributed by atoms with E-state index in [-0.39, 0.29) is 18.3 Å². The third-order valence-corrected chi connectivity index (χ3v) is 3.37. The second-order valence-electron chi connectivity index (χ2n) is 4.04. The molecule has 0 heterocycles. The van der Waals surface area contributed by atoms with E-state index in [1.165, 1.54) is 30.3 Å². The van der Waals surface area contributed by atoms with Crippen molar-refractivity contribution in [2.75, 3.05) is 17.2 Å². The second-order valence-corrected chi connectivity index (χ2v) is 5.20. The van der Waals surface area contributed by atoms with Gasteiger partial charge in [-0.15, -0.1) is 0 Å². The minimum Gasteiger partial charge on any atom is -0.375 e. The van der Waals surface area contributed by atoms with Crippen LogP contribution in [0.2, 0.25) is 0 Å². The number of nitrogens with one attached hydrogen (secondary N) is 2. The first-order valence-electron chi connectivity index (χ1n) is 5.79. The molecule has 2 N–H and O–H groups in total. The number of hydrogen-bond acceptors (Lipinski definition) is 2. The molecule has 0 saturated heterocycles. The Balaban J connectivity index is 1.92. The average Bonchev–Trinajstić information content (AvgIpc) is 2.37. The zero-order valence-corrected chi connectivity index (χ0v) is 12.4. The molecule has 0 radical (unpaired) electrons. The summed E-state index contributed by atoms with van der Waals surface area (Å²) in [6.45, 7) is 0.0121. The summed E-state index contributed by atoms with van der Waals surface area (Å²) in [4.78, 5) is 11.7. The summed E-state index contributed by atoms with van der Waals surface area (Å²) in [5.74, 6) is -1.05. The van der Waals surface area contributed by atoms with Gasteiger partial charge in [0, 0.05) is 14.9 Å². The number of benzene rings is 2. The highest BCUT2D eigenvalue weighted by atomic mass is 127. The van der Waals surface area contributed by atoms with E-state index in [2.05, 4.69) is 10.6 Å². The normalized spacial score (nSPS) is 10.2. The van der Waals surface area contributed by atoms with Gasteiger partial charge < -0.3 is 10.6 Å². The van der Waals surface area contributed by atoms with Gasteiger partial charge in [0.1, 0.15) is 11.6 Å². The summed E-state index contributed by atoms with van der Waals surface area (Å²) in [6.07, 6.45) is 0. The summed E-state index contributed by atoms with van der Waals surface area (Å²) in [5, 5.41) is 5.46. The van der Waals surface area contributed by atoms with Crippen LogP contribution in [0.15, 0.2) is 42.5 Å². The molecule has 0 aliphatic heterocycles. The first-order valence-corrected chi connectivity index (χ1v) is 6.87. The van der Waals surface area contributed by atoms with Gasteiger partial charge in [0.15, 0.2) is 0 Å². The molecular formula is C14H11F2IN2O. The molecule has 0 aromatic heterocycles. The summed E-state index contributed by atoms with van der Waals surface area (Å²) in [7, 11) is 0. The molecule has 104 valence electrons. The van der Waals surface area contributed by atoms with Crippen LogP contribution in [0.3, 0.4) is 0 Å². The van der Waals surface area contributed by atoms with Crippen molar-refractivity contribution in [2.45, 2.75) is 0 Å². The predicted octanol–water partition coefficient (Wildman–Crippen LogP) is 3.62. The maximum absolute atomic E-state index is 13.0. The monoisotopic (exact) mass is 388 g/mol. The maximum atomic E-state index is 13.0. The van der Waals surface area contributed by atoms with Crippen LogP contribution in [0.4, 0.5) is 20.2 Å². The topological polar surface area (TPSA) is 41.1 Å². The van der Waals surface area contributed by atoms with Gasteiger partial charge in [0.2, 0.25) is 5.91 Å². The second kappa shape index (κ2) is 6.65. The minimum atomic E-state index is -0.413. The Morgan fingerprint density at radius 3 is 2.55 bits per heavy atom. The van der Waals surface area contributed by atoms with Crippen LogP contribution >= 0.6 is 22.6 Å². The number of carbonyl (C=O) groups is 1. The number of carbonyl (C=O) groups excluding carboxylic acids is 1. The summed E-state index contributed by atoms with van der Waals surface area (Å²) in [5.41, 5.74) is 1.06. The lowest BCUT2D eigenvalue weighted by Crippen LogP contribution is -2.22. The fraction of sp³-hybridized carbons (Fsp3) is 0.0714. The van der Waals surface area contributed by atoms with Crippen molar-refractivity contribution in [3.8, 4) is 0 Å². The van der Waals surface area contributed by atoms with E-state index >= 15 is 0 Å². The molecule has 0 spiro atoms. The van der Waals surface area contributed by atoms with Crippen molar-refractivity contribution < 1.29 is 13.6 Å². The van der Waals surface area contributed by atoms with Crippen molar-refractivity contribution in [1.82, 2.24) is 0 Å². The zero-order valence-electron chi connectivity index (χ0n) is 10.3. The molecule has 2 aromatic rings. The van der Waals surface area contributed by atoms with E-state index < -0.39 is 5.82 Å². The molecule has 0 unspecified atom stereocenters. The number of anilines is 2. The van der Waals surface area contributed by atoms with Gasteiger partial charge in [-0.3, -0.25) is 4.79 Å². The number of halogens is 3. The van der Waals surface area contributed by atoms with Crippen LogP contribution in [0.1, 0.15) is 0 Å². The van der Waals surface area contributed by atoms with Gasteiger partial charge in [-0.25, -0.2) is 8.78 Å². The lowest BCUT2D eigenvalue weighted by molar-refractivity contribution is -0.114. The highest BCUT2D eigenvalue weighted by Crippen LogP contribution is 2.18. The van der Waals surface area contributed by atoms with Gasteiger partial charge in [-0.2, -0.15) is 0 Å². The Hall–Kier alpha value is -1.70. The molecule has 0 aliphatic rings. The van der Waals surface area contributed by atoms with E-state index in [0.717, 1.165) is 0 Å². The van der Waals surface area contributed by atoms with Crippen molar-refractivity contribution in [1.29, 1.82) is 0 Å². The zero-order chi connectivity index (χ0) is 14.5. The van der Waals surface area contributed by atoms with E-state index in [1.807, 2.05) is 22.6 Å². The molecule has 1 amide bonds. The molecule has 2 rings (SSSR count). The first-order chi connectivity index (χ1) is 9.54. The number of hydrogen-bond donors (Lipinski definition) is 2. The molecule has 6 heteroatoms. The van der Waals surface area contributed by atoms with E-state index in [0.29, 0.717) is 14.9 Å². The number of amides is 1. The highest BCUT2D eigenvalue weighted by Gasteiger charge is 2.05. The van der Waals surface area contributed by atoms with Gasteiger partial charge >= 0.3 is 0 Å². The van der Waals surface area contributed by atoms with Crippen molar-refractivity contribution in [2.24, 2.45) is 0 Å². The summed E-state index contributed by atoms with van der Waals surface area (Å²) >= 11 is 1.98. The molecule has 0 atom stereocenters. The van der Waals surface area contributed by atoms with E-state index in [4.69, 9.17) is 0 Å². The third-order valence-electron chi connectivity index (χ3n) is 2.48. The van der Waals surface area contributed by atoms with E-state index in [1.54, 1.807) is 12.1 Å². The standard InChI is InChI=1S/C14H11F2IN2O/c15-9-2-1-3-11(6-9)19-14(20)8-18-13-5-4-10(16)7-12(13)17/h1-7,18H,8H2,(H,19,20). The molecule has 0 saturated carbocycles. The lowest BCUT2D eigenvalue weighted by Gasteiger charge is -2.09. The fourth-order valence-corrected chi connectivity index (χ4v) is 2.25. The quantitative estimate of drug-likeness (QED) is 0.786. The third kappa shape index (κ3) is 4.16. The Labute approximate surface area is 128 Å². The average molecular weight is 388 g/mol.